The lowest BCUT2D eigenvalue weighted by Crippen LogP contribution is -2.43. The van der Waals surface area contributed by atoms with Crippen molar-refractivity contribution in [2.24, 2.45) is 11.8 Å². The molecule has 1 aliphatic heterocycles. The van der Waals surface area contributed by atoms with Gasteiger partial charge in [-0.1, -0.05) is 39.8 Å². The maximum Gasteiger partial charge on any atom is 0.224 e. The predicted octanol–water partition coefficient (Wildman–Crippen LogP) is 5.48. The minimum absolute atomic E-state index is 0.0118. The van der Waals surface area contributed by atoms with Crippen molar-refractivity contribution in [2.75, 3.05) is 31.1 Å². The van der Waals surface area contributed by atoms with Gasteiger partial charge in [-0.15, -0.1) is 11.3 Å². The van der Waals surface area contributed by atoms with Crippen molar-refractivity contribution >= 4 is 50.8 Å². The Balaban J connectivity index is 1.63. The maximum atomic E-state index is 13.5. The van der Waals surface area contributed by atoms with E-state index in [1.54, 1.807) is 11.3 Å². The van der Waals surface area contributed by atoms with Gasteiger partial charge >= 0.3 is 0 Å². The molecule has 1 aliphatic rings. The van der Waals surface area contributed by atoms with E-state index in [4.69, 9.17) is 4.98 Å². The fraction of sp³-hybridized carbons (Fsp3) is 0.600. The maximum absolute atomic E-state index is 13.5. The van der Waals surface area contributed by atoms with Gasteiger partial charge in [0.1, 0.15) is 5.78 Å². The summed E-state index contributed by atoms with van der Waals surface area (Å²) in [5, 5.41) is 4.08. The number of hydrogen-bond donors (Lipinski definition) is 1. The van der Waals surface area contributed by atoms with Crippen LogP contribution in [0.2, 0.25) is 0 Å². The van der Waals surface area contributed by atoms with Crippen LogP contribution >= 0.6 is 23.1 Å². The van der Waals surface area contributed by atoms with Gasteiger partial charge in [-0.25, -0.2) is 4.98 Å². The third-order valence-electron chi connectivity index (χ3n) is 7.48. The Morgan fingerprint density at radius 3 is 2.58 bits per heavy atom. The normalized spacial score (nSPS) is 16.6. The lowest BCUT2D eigenvalue weighted by molar-refractivity contribution is -0.129. The molecule has 1 N–H and O–H groups in total. The molecule has 2 heterocycles. The Hall–Kier alpha value is -2.03. The summed E-state index contributed by atoms with van der Waals surface area (Å²) >= 11 is 3.55. The van der Waals surface area contributed by atoms with Gasteiger partial charge in [0, 0.05) is 62.0 Å². The van der Waals surface area contributed by atoms with Crippen LogP contribution < -0.4 is 5.32 Å². The summed E-state index contributed by atoms with van der Waals surface area (Å²) in [7, 11) is 0. The summed E-state index contributed by atoms with van der Waals surface area (Å²) in [6, 6.07) is 6.14. The van der Waals surface area contributed by atoms with Crippen LogP contribution in [0.3, 0.4) is 0 Å². The fourth-order valence-corrected chi connectivity index (χ4v) is 6.89. The molecule has 1 fully saturated rings. The number of aromatic nitrogens is 1. The Labute approximate surface area is 236 Å². The highest BCUT2D eigenvalue weighted by molar-refractivity contribution is 7.99. The SMILES string of the molecule is C=C(CN1CCSCC1)C(=O)CC[C@@H](NC(=O)[C@@H](CC(C)=O)Cc1nc2ccc(CC)cc2s1)[C@@H](C)CC. The first-order valence-corrected chi connectivity index (χ1v) is 15.9. The third-order valence-corrected chi connectivity index (χ3v) is 9.47. The van der Waals surface area contributed by atoms with Crippen LogP contribution in [-0.2, 0) is 27.2 Å². The Morgan fingerprint density at radius 2 is 1.92 bits per heavy atom. The van der Waals surface area contributed by atoms with E-state index in [2.05, 4.69) is 49.7 Å². The number of nitrogens with zero attached hydrogens (tertiary/aromatic N) is 2. The number of nitrogens with one attached hydrogen (secondary N) is 1. The van der Waals surface area contributed by atoms with E-state index < -0.39 is 5.92 Å². The molecule has 3 atom stereocenters. The second kappa shape index (κ2) is 14.9. The van der Waals surface area contributed by atoms with Gasteiger partial charge < -0.3 is 10.1 Å². The quantitative estimate of drug-likeness (QED) is 0.292. The lowest BCUT2D eigenvalue weighted by Gasteiger charge is -2.28. The topological polar surface area (TPSA) is 79.4 Å². The van der Waals surface area contributed by atoms with Crippen LogP contribution in [0.25, 0.3) is 10.2 Å². The van der Waals surface area contributed by atoms with Gasteiger partial charge in [-0.3, -0.25) is 14.5 Å². The van der Waals surface area contributed by atoms with Crippen molar-refractivity contribution in [3.63, 3.8) is 0 Å². The Bertz CT molecular complexity index is 1120. The highest BCUT2D eigenvalue weighted by Gasteiger charge is 2.27. The molecule has 38 heavy (non-hydrogen) atoms. The smallest absolute Gasteiger partial charge is 0.224 e. The van der Waals surface area contributed by atoms with E-state index in [0.717, 1.165) is 52.7 Å². The number of amides is 1. The zero-order valence-electron chi connectivity index (χ0n) is 23.4. The van der Waals surface area contributed by atoms with Crippen molar-refractivity contribution in [1.29, 1.82) is 0 Å². The van der Waals surface area contributed by atoms with E-state index in [-0.39, 0.29) is 35.9 Å². The molecule has 6 nitrogen and oxygen atoms in total. The number of thiazole rings is 1. The molecule has 3 rings (SSSR count). The molecular weight excluding hydrogens is 514 g/mol. The first-order valence-electron chi connectivity index (χ1n) is 13.9. The van der Waals surface area contributed by atoms with Crippen LogP contribution in [0.4, 0.5) is 0 Å². The molecule has 0 aliphatic carbocycles. The number of carbonyl (C=O) groups excluding carboxylic acids is 3. The fourth-order valence-electron chi connectivity index (χ4n) is 4.80. The largest absolute Gasteiger partial charge is 0.353 e. The number of aryl methyl sites for hydroxylation is 1. The van der Waals surface area contributed by atoms with Gasteiger partial charge in [0.05, 0.1) is 21.1 Å². The van der Waals surface area contributed by atoms with E-state index in [0.29, 0.717) is 31.4 Å². The number of fused-ring (bicyclic) bond motifs is 1. The van der Waals surface area contributed by atoms with Crippen LogP contribution in [0.1, 0.15) is 63.9 Å². The number of rotatable bonds is 15. The molecule has 0 spiro atoms. The molecule has 8 heteroatoms. The number of hydrogen-bond acceptors (Lipinski definition) is 7. The molecule has 0 saturated carbocycles. The van der Waals surface area contributed by atoms with Gasteiger partial charge in [0.25, 0.3) is 0 Å². The molecule has 1 aromatic heterocycles. The Kier molecular flexibility index (Phi) is 12.0. The number of Topliss-reactive ketones (excluding diaryl/α,β-unsaturated/α-hetero) is 2. The second-order valence-electron chi connectivity index (χ2n) is 10.5. The summed E-state index contributed by atoms with van der Waals surface area (Å²) in [6.07, 6.45) is 3.40. The summed E-state index contributed by atoms with van der Waals surface area (Å²) < 4.78 is 1.11. The molecule has 1 saturated heterocycles. The van der Waals surface area contributed by atoms with Crippen molar-refractivity contribution in [1.82, 2.24) is 15.2 Å². The van der Waals surface area contributed by atoms with Gasteiger partial charge in [0.2, 0.25) is 5.91 Å². The Morgan fingerprint density at radius 1 is 1.18 bits per heavy atom. The van der Waals surface area contributed by atoms with Crippen LogP contribution in [0, 0.1) is 11.8 Å². The van der Waals surface area contributed by atoms with Gasteiger partial charge in [-0.2, -0.15) is 11.8 Å². The summed E-state index contributed by atoms with van der Waals surface area (Å²) in [4.78, 5) is 45.5. The minimum Gasteiger partial charge on any atom is -0.353 e. The highest BCUT2D eigenvalue weighted by Crippen LogP contribution is 2.27. The number of thioether (sulfide) groups is 1. The average molecular weight is 558 g/mol. The van der Waals surface area contributed by atoms with E-state index in [1.165, 1.54) is 12.5 Å². The molecule has 0 bridgehead atoms. The number of carbonyl (C=O) groups is 3. The lowest BCUT2D eigenvalue weighted by atomic mass is 9.91. The first-order chi connectivity index (χ1) is 18.2. The molecule has 1 aromatic carbocycles. The van der Waals surface area contributed by atoms with Crippen LogP contribution in [-0.4, -0.2) is 64.5 Å². The van der Waals surface area contributed by atoms with Crippen molar-refractivity contribution < 1.29 is 14.4 Å². The monoisotopic (exact) mass is 557 g/mol. The van der Waals surface area contributed by atoms with E-state index >= 15 is 0 Å². The van der Waals surface area contributed by atoms with Crippen molar-refractivity contribution in [3.05, 3.63) is 40.9 Å². The molecule has 208 valence electrons. The molecular formula is C30H43N3O3S2. The standard InChI is InChI=1S/C30H43N3O3S2/c1-6-20(3)25(10-11-27(35)21(4)19-33-12-14-37-15-13-33)32-30(36)24(16-22(5)34)18-29-31-26-9-8-23(7-2)17-28(26)38-29/h8-9,17,20,24-25H,4,6-7,10-16,18-19H2,1-3,5H3,(H,32,36)/t20-,24-,25+/m0/s1. The minimum atomic E-state index is -0.479. The summed E-state index contributed by atoms with van der Waals surface area (Å²) in [5.41, 5.74) is 2.85. The summed E-state index contributed by atoms with van der Waals surface area (Å²) in [6.45, 7) is 14.5. The first kappa shape index (κ1) is 30.5. The third kappa shape index (κ3) is 9.02. The zero-order chi connectivity index (χ0) is 27.7. The van der Waals surface area contributed by atoms with E-state index in [9.17, 15) is 14.4 Å². The summed E-state index contributed by atoms with van der Waals surface area (Å²) in [5.74, 6) is 1.87. The van der Waals surface area contributed by atoms with E-state index in [1.807, 2.05) is 17.8 Å². The van der Waals surface area contributed by atoms with Crippen molar-refractivity contribution in [3.8, 4) is 0 Å². The number of ketones is 2. The molecule has 0 unspecified atom stereocenters. The molecule has 1 amide bonds. The van der Waals surface area contributed by atoms with Crippen LogP contribution in [0.5, 0.6) is 0 Å². The highest BCUT2D eigenvalue weighted by atomic mass is 32.2. The molecule has 2 aromatic rings. The number of benzene rings is 1. The average Bonchev–Trinajstić information content (AvgIpc) is 3.31. The second-order valence-corrected chi connectivity index (χ2v) is 12.9. The van der Waals surface area contributed by atoms with Crippen LogP contribution in [0.15, 0.2) is 30.4 Å². The molecule has 0 radical (unpaired) electrons. The zero-order valence-corrected chi connectivity index (χ0v) is 25.0. The van der Waals surface area contributed by atoms with Gasteiger partial charge in [0.15, 0.2) is 5.78 Å². The predicted molar refractivity (Wildman–Crippen MR) is 160 cm³/mol. The van der Waals surface area contributed by atoms with Gasteiger partial charge in [-0.05, 0) is 43.4 Å². The van der Waals surface area contributed by atoms with Crippen molar-refractivity contribution in [2.45, 2.75) is 72.3 Å².